The fourth-order valence-corrected chi connectivity index (χ4v) is 4.49. The van der Waals surface area contributed by atoms with Crippen molar-refractivity contribution in [2.75, 3.05) is 18.8 Å². The van der Waals surface area contributed by atoms with Crippen molar-refractivity contribution in [3.63, 3.8) is 0 Å². The topological polar surface area (TPSA) is 88.5 Å². The molecule has 0 fully saturated rings. The Morgan fingerprint density at radius 2 is 1.71 bits per heavy atom. The van der Waals surface area contributed by atoms with Crippen molar-refractivity contribution in [3.05, 3.63) is 30.5 Å². The van der Waals surface area contributed by atoms with Crippen LogP contribution in [0.2, 0.25) is 0 Å². The molecule has 1 N–H and O–H groups in total. The van der Waals surface area contributed by atoms with Gasteiger partial charge in [-0.05, 0) is 40.7 Å². The van der Waals surface area contributed by atoms with Gasteiger partial charge >= 0.3 is 0 Å². The Balaban J connectivity index is 2.40. The first-order valence-corrected chi connectivity index (χ1v) is 11.0. The molecule has 1 aromatic carbocycles. The highest BCUT2D eigenvalue weighted by molar-refractivity contribution is 7.92. The van der Waals surface area contributed by atoms with E-state index in [1.54, 1.807) is 54.5 Å². The molecule has 0 unspecified atom stereocenters. The Kier molecular flexibility index (Phi) is 6.54. The van der Waals surface area contributed by atoms with Crippen molar-refractivity contribution in [3.8, 4) is 0 Å². The summed E-state index contributed by atoms with van der Waals surface area (Å²) in [4.78, 5) is 26.4. The smallest absolute Gasteiger partial charge is 0.242 e. The summed E-state index contributed by atoms with van der Waals surface area (Å²) in [5.41, 5.74) is 0.134. The van der Waals surface area contributed by atoms with E-state index in [0.29, 0.717) is 24.0 Å². The van der Waals surface area contributed by atoms with E-state index in [1.165, 1.54) is 6.20 Å². The third-order valence-corrected chi connectivity index (χ3v) is 5.98. The minimum absolute atomic E-state index is 0.0475. The van der Waals surface area contributed by atoms with Gasteiger partial charge < -0.3 is 14.8 Å². The predicted molar refractivity (Wildman–Crippen MR) is 110 cm³/mol. The van der Waals surface area contributed by atoms with Crippen LogP contribution in [0.25, 0.3) is 10.9 Å². The molecule has 2 rings (SSSR count). The molecule has 0 aliphatic heterocycles. The number of aromatic nitrogens is 1. The molecule has 2 aromatic rings. The van der Waals surface area contributed by atoms with Crippen LogP contribution in [-0.4, -0.2) is 54.1 Å². The molecule has 0 aliphatic rings. The van der Waals surface area contributed by atoms with Gasteiger partial charge in [0.2, 0.25) is 11.8 Å². The Morgan fingerprint density at radius 1 is 1.11 bits per heavy atom. The zero-order chi connectivity index (χ0) is 21.1. The molecule has 0 aliphatic carbocycles. The van der Waals surface area contributed by atoms with Crippen LogP contribution in [0, 0.1) is 0 Å². The fourth-order valence-electron chi connectivity index (χ4n) is 3.12. The first kappa shape index (κ1) is 21.9. The Morgan fingerprint density at radius 3 is 2.29 bits per heavy atom. The number of sulfone groups is 1. The van der Waals surface area contributed by atoms with E-state index < -0.39 is 27.0 Å². The van der Waals surface area contributed by atoms with Crippen LogP contribution in [-0.2, 0) is 26.0 Å². The van der Waals surface area contributed by atoms with E-state index in [0.717, 1.165) is 0 Å². The van der Waals surface area contributed by atoms with Gasteiger partial charge in [-0.2, -0.15) is 0 Å². The molecule has 0 saturated heterocycles. The summed E-state index contributed by atoms with van der Waals surface area (Å²) in [6.45, 7) is 10.4. The average Bonchev–Trinajstić information content (AvgIpc) is 2.93. The highest BCUT2D eigenvalue weighted by atomic mass is 32.2. The SMILES string of the molecule is CCN(CC)C(=O)Cn1cc(S(=O)(=O)CC(=O)NC(C)(C)C)c2ccccc21. The zero-order valence-electron chi connectivity index (χ0n) is 17.2. The molecule has 154 valence electrons. The van der Waals surface area contributed by atoms with Crippen LogP contribution < -0.4 is 5.32 Å². The number of rotatable bonds is 7. The van der Waals surface area contributed by atoms with Gasteiger partial charge in [-0.1, -0.05) is 18.2 Å². The maximum Gasteiger partial charge on any atom is 0.242 e. The second-order valence-corrected chi connectivity index (χ2v) is 9.72. The second-order valence-electron chi connectivity index (χ2n) is 7.76. The molecule has 28 heavy (non-hydrogen) atoms. The summed E-state index contributed by atoms with van der Waals surface area (Å²) in [6, 6.07) is 7.01. The third kappa shape index (κ3) is 5.13. The molecule has 0 bridgehead atoms. The molecule has 2 amide bonds. The number of carbonyl (C=O) groups excluding carboxylic acids is 2. The van der Waals surface area contributed by atoms with Gasteiger partial charge in [0.05, 0.1) is 4.90 Å². The first-order chi connectivity index (χ1) is 13.0. The number of likely N-dealkylation sites (N-methyl/N-ethyl adjacent to an activating group) is 1. The number of nitrogens with one attached hydrogen (secondary N) is 1. The lowest BCUT2D eigenvalue weighted by atomic mass is 10.1. The summed E-state index contributed by atoms with van der Waals surface area (Å²) in [6.07, 6.45) is 1.46. The van der Waals surface area contributed by atoms with Crippen molar-refractivity contribution >= 4 is 32.6 Å². The lowest BCUT2D eigenvalue weighted by molar-refractivity contribution is -0.131. The number of para-hydroxylation sites is 1. The minimum atomic E-state index is -3.86. The van der Waals surface area contributed by atoms with Gasteiger partial charge in [-0.25, -0.2) is 8.42 Å². The molecule has 0 spiro atoms. The highest BCUT2D eigenvalue weighted by Crippen LogP contribution is 2.26. The summed E-state index contributed by atoms with van der Waals surface area (Å²) in [5, 5.41) is 3.19. The number of hydrogen-bond donors (Lipinski definition) is 1. The molecule has 0 atom stereocenters. The lowest BCUT2D eigenvalue weighted by Gasteiger charge is -2.20. The number of benzene rings is 1. The fraction of sp³-hybridized carbons (Fsp3) is 0.500. The van der Waals surface area contributed by atoms with E-state index in [9.17, 15) is 18.0 Å². The molecule has 8 heteroatoms. The number of fused-ring (bicyclic) bond motifs is 1. The maximum atomic E-state index is 12.9. The Bertz CT molecular complexity index is 967. The predicted octanol–water partition coefficient (Wildman–Crippen LogP) is 2.20. The minimum Gasteiger partial charge on any atom is -0.351 e. The van der Waals surface area contributed by atoms with Crippen LogP contribution in [0.4, 0.5) is 0 Å². The molecule has 0 radical (unpaired) electrons. The number of nitrogens with zero attached hydrogens (tertiary/aromatic N) is 2. The normalized spacial score (nSPS) is 12.2. The summed E-state index contributed by atoms with van der Waals surface area (Å²) < 4.78 is 27.5. The van der Waals surface area contributed by atoms with Crippen molar-refractivity contribution in [2.45, 2.75) is 51.6 Å². The van der Waals surface area contributed by atoms with Crippen LogP contribution in [0.1, 0.15) is 34.6 Å². The molecule has 1 heterocycles. The van der Waals surface area contributed by atoms with Crippen LogP contribution in [0.15, 0.2) is 35.4 Å². The van der Waals surface area contributed by atoms with Gasteiger partial charge in [0.15, 0.2) is 9.84 Å². The number of amides is 2. The van der Waals surface area contributed by atoms with Crippen molar-refractivity contribution in [1.82, 2.24) is 14.8 Å². The first-order valence-electron chi connectivity index (χ1n) is 9.38. The van der Waals surface area contributed by atoms with Crippen molar-refractivity contribution < 1.29 is 18.0 Å². The second kappa shape index (κ2) is 8.34. The summed E-state index contributed by atoms with van der Waals surface area (Å²) >= 11 is 0. The van der Waals surface area contributed by atoms with Crippen molar-refractivity contribution in [1.29, 1.82) is 0 Å². The quantitative estimate of drug-likeness (QED) is 0.762. The van der Waals surface area contributed by atoms with Gasteiger partial charge in [-0.15, -0.1) is 0 Å². The Hall–Kier alpha value is -2.35. The molecular formula is C20H29N3O4S. The van der Waals surface area contributed by atoms with Crippen molar-refractivity contribution in [2.24, 2.45) is 0 Å². The van der Waals surface area contributed by atoms with Gasteiger partial charge in [0, 0.05) is 35.7 Å². The highest BCUT2D eigenvalue weighted by Gasteiger charge is 2.26. The van der Waals surface area contributed by atoms with E-state index in [2.05, 4.69) is 5.32 Å². The van der Waals surface area contributed by atoms with Gasteiger partial charge in [0.1, 0.15) is 12.3 Å². The monoisotopic (exact) mass is 407 g/mol. The standard InChI is InChI=1S/C20H29N3O4S/c1-6-22(7-2)19(25)13-23-12-17(15-10-8-9-11-16(15)23)28(26,27)14-18(24)21-20(3,4)5/h8-12H,6-7,13-14H2,1-5H3,(H,21,24). The Labute approximate surface area is 166 Å². The van der Waals surface area contributed by atoms with Crippen LogP contribution in [0.3, 0.4) is 0 Å². The number of carbonyl (C=O) groups is 2. The van der Waals surface area contributed by atoms with Crippen LogP contribution in [0.5, 0.6) is 0 Å². The summed E-state index contributed by atoms with van der Waals surface area (Å²) in [7, 11) is -3.86. The van der Waals surface area contributed by atoms with E-state index in [1.807, 2.05) is 13.8 Å². The van der Waals surface area contributed by atoms with Gasteiger partial charge in [-0.3, -0.25) is 9.59 Å². The average molecular weight is 408 g/mol. The zero-order valence-corrected chi connectivity index (χ0v) is 18.0. The molecule has 1 aromatic heterocycles. The summed E-state index contributed by atoms with van der Waals surface area (Å²) in [5.74, 6) is -1.27. The van der Waals surface area contributed by atoms with Gasteiger partial charge in [0.25, 0.3) is 0 Å². The largest absolute Gasteiger partial charge is 0.351 e. The molecule has 0 saturated carbocycles. The maximum absolute atomic E-state index is 12.9. The van der Waals surface area contributed by atoms with Crippen LogP contribution >= 0.6 is 0 Å². The molecule has 7 nitrogen and oxygen atoms in total. The molecular weight excluding hydrogens is 378 g/mol. The van der Waals surface area contributed by atoms with E-state index in [-0.39, 0.29) is 17.3 Å². The van der Waals surface area contributed by atoms with E-state index in [4.69, 9.17) is 0 Å². The lowest BCUT2D eigenvalue weighted by Crippen LogP contribution is -2.43. The van der Waals surface area contributed by atoms with E-state index >= 15 is 0 Å². The number of hydrogen-bond acceptors (Lipinski definition) is 4. The third-order valence-electron chi connectivity index (χ3n) is 4.34.